The topological polar surface area (TPSA) is 112 Å². The third-order valence-electron chi connectivity index (χ3n) is 8.77. The molecule has 1 saturated heterocycles. The number of rotatable bonds is 9. The number of amides is 3. The number of aromatic nitrogens is 1. The molecule has 2 aliphatic rings. The Bertz CT molecular complexity index is 1730. The van der Waals surface area contributed by atoms with Crippen molar-refractivity contribution in [2.75, 3.05) is 26.2 Å². The second-order valence-electron chi connectivity index (χ2n) is 11.9. The highest BCUT2D eigenvalue weighted by Crippen LogP contribution is 2.44. The first-order valence-corrected chi connectivity index (χ1v) is 16.7. The van der Waals surface area contributed by atoms with E-state index in [1.165, 1.54) is 12.1 Å². The number of carbonyl (C=O) groups is 3. The number of piperidine rings is 1. The van der Waals surface area contributed by atoms with Crippen LogP contribution in [0.1, 0.15) is 70.7 Å². The maximum atomic E-state index is 15.1. The highest BCUT2D eigenvalue weighted by Gasteiger charge is 2.57. The largest absolute Gasteiger partial charge is 0.474 e. The Kier molecular flexibility index (Phi) is 10.8. The van der Waals surface area contributed by atoms with Crippen molar-refractivity contribution in [3.05, 3.63) is 81.1 Å². The van der Waals surface area contributed by atoms with Crippen LogP contribution < -0.4 is 10.1 Å². The van der Waals surface area contributed by atoms with Gasteiger partial charge < -0.3 is 25.0 Å². The van der Waals surface area contributed by atoms with E-state index in [0.717, 1.165) is 33.5 Å². The van der Waals surface area contributed by atoms with Crippen LogP contribution in [-0.4, -0.2) is 75.5 Å². The van der Waals surface area contributed by atoms with Gasteiger partial charge in [0.15, 0.2) is 0 Å². The summed E-state index contributed by atoms with van der Waals surface area (Å²) >= 11 is 0.301. The van der Waals surface area contributed by atoms with E-state index in [1.54, 1.807) is 6.92 Å². The number of aliphatic hydroxyl groups is 1. The molecule has 3 amide bonds. The molecule has 3 aromatic rings. The number of pyridine rings is 1. The maximum Gasteiger partial charge on any atom is 0.425 e. The van der Waals surface area contributed by atoms with Crippen molar-refractivity contribution in [2.45, 2.75) is 69.1 Å². The minimum atomic E-state index is -4.96. The van der Waals surface area contributed by atoms with Crippen LogP contribution in [0.2, 0.25) is 0 Å². The van der Waals surface area contributed by atoms with E-state index in [1.807, 2.05) is 0 Å². The van der Waals surface area contributed by atoms with Crippen LogP contribution in [-0.2, 0) is 28.4 Å². The maximum absolute atomic E-state index is 15.1. The quantitative estimate of drug-likeness (QED) is 0.271. The van der Waals surface area contributed by atoms with Crippen LogP contribution in [0.25, 0.3) is 0 Å². The predicted molar refractivity (Wildman–Crippen MR) is 166 cm³/mol. The zero-order chi connectivity index (χ0) is 36.4. The number of hydrogen-bond acceptors (Lipinski definition) is 7. The summed E-state index contributed by atoms with van der Waals surface area (Å²) in [6.45, 7) is 0.735. The van der Waals surface area contributed by atoms with Crippen molar-refractivity contribution in [3.63, 3.8) is 0 Å². The fourth-order valence-electron chi connectivity index (χ4n) is 6.68. The van der Waals surface area contributed by atoms with Gasteiger partial charge in [0.05, 0.1) is 18.2 Å². The number of benzene rings is 1. The molecule has 0 saturated carbocycles. The molecule has 1 fully saturated rings. The van der Waals surface area contributed by atoms with Crippen molar-refractivity contribution in [1.29, 1.82) is 0 Å². The van der Waals surface area contributed by atoms with Crippen molar-refractivity contribution in [1.82, 2.24) is 20.1 Å². The first-order chi connectivity index (χ1) is 23.6. The molecule has 0 unspecified atom stereocenters. The Labute approximate surface area is 286 Å². The lowest BCUT2D eigenvalue weighted by Crippen LogP contribution is -2.69. The monoisotopic (exact) mass is 730 g/mol. The number of hydrogen-bond donors (Lipinski definition) is 2. The number of aliphatic hydroxyl groups excluding tert-OH is 1. The Balaban J connectivity index is 1.67. The van der Waals surface area contributed by atoms with Gasteiger partial charge in [-0.15, -0.1) is 11.3 Å². The molecule has 0 spiro atoms. The molecule has 2 aliphatic heterocycles. The van der Waals surface area contributed by atoms with Crippen LogP contribution in [0, 0.1) is 5.82 Å². The van der Waals surface area contributed by atoms with Gasteiger partial charge in [0.2, 0.25) is 11.5 Å². The number of halogens is 7. The van der Waals surface area contributed by atoms with Crippen LogP contribution in [0.15, 0.2) is 48.0 Å². The lowest BCUT2D eigenvalue weighted by molar-refractivity contribution is -0.164. The molecule has 9 nitrogen and oxygen atoms in total. The minimum absolute atomic E-state index is 0.0252. The van der Waals surface area contributed by atoms with Crippen molar-refractivity contribution >= 4 is 29.1 Å². The van der Waals surface area contributed by atoms with Gasteiger partial charge in [-0.2, -0.15) is 26.3 Å². The molecule has 4 heterocycles. The molecule has 0 bridgehead atoms. The summed E-state index contributed by atoms with van der Waals surface area (Å²) in [5.41, 5.74) is -3.78. The van der Waals surface area contributed by atoms with Gasteiger partial charge in [0.25, 0.3) is 11.8 Å². The number of carbonyl (C=O) groups excluding carboxylic acids is 3. The average Bonchev–Trinajstić information content (AvgIpc) is 3.55. The van der Waals surface area contributed by atoms with E-state index in [9.17, 15) is 45.4 Å². The summed E-state index contributed by atoms with van der Waals surface area (Å²) in [5.74, 6) is -3.96. The van der Waals surface area contributed by atoms with E-state index in [2.05, 4.69) is 10.3 Å². The van der Waals surface area contributed by atoms with Gasteiger partial charge in [-0.05, 0) is 54.7 Å². The van der Waals surface area contributed by atoms with Crippen molar-refractivity contribution < 1.29 is 55.0 Å². The Morgan fingerprint density at radius 3 is 2.50 bits per heavy atom. The zero-order valence-corrected chi connectivity index (χ0v) is 27.4. The molecule has 2 aromatic heterocycles. The van der Waals surface area contributed by atoms with Crippen LogP contribution in [0.3, 0.4) is 0 Å². The SMILES string of the molecule is CCC[C@H]1N(C(=O)c2ncccc2C(F)(F)F)CCC[C@@]1(Oc1csc(C(F)(F)F)c1)C(=O)N1CCc2ccc(F)cc2[C@@H]1C(=O)NCCO. The van der Waals surface area contributed by atoms with Gasteiger partial charge in [-0.25, -0.2) is 4.39 Å². The zero-order valence-electron chi connectivity index (χ0n) is 26.6. The molecular formula is C33H33F7N4O5S. The third-order valence-corrected chi connectivity index (χ3v) is 9.73. The molecule has 17 heteroatoms. The first kappa shape index (κ1) is 37.0. The average molecular weight is 731 g/mol. The second kappa shape index (κ2) is 14.5. The molecule has 270 valence electrons. The van der Waals surface area contributed by atoms with Gasteiger partial charge in [0.1, 0.15) is 28.2 Å². The highest BCUT2D eigenvalue weighted by molar-refractivity contribution is 7.10. The molecular weight excluding hydrogens is 697 g/mol. The number of likely N-dealkylation sites (tertiary alicyclic amines) is 1. The minimum Gasteiger partial charge on any atom is -0.474 e. The highest BCUT2D eigenvalue weighted by atomic mass is 32.1. The van der Waals surface area contributed by atoms with Gasteiger partial charge in [-0.3, -0.25) is 19.4 Å². The van der Waals surface area contributed by atoms with E-state index in [4.69, 9.17) is 4.74 Å². The van der Waals surface area contributed by atoms with E-state index >= 15 is 4.79 Å². The Hall–Kier alpha value is -4.25. The molecule has 2 N–H and O–H groups in total. The molecule has 3 atom stereocenters. The molecule has 0 aliphatic carbocycles. The van der Waals surface area contributed by atoms with Gasteiger partial charge in [-0.1, -0.05) is 19.4 Å². The number of thiophene rings is 1. The number of alkyl halides is 6. The summed E-state index contributed by atoms with van der Waals surface area (Å²) in [6.07, 6.45) is -8.57. The third kappa shape index (κ3) is 7.29. The van der Waals surface area contributed by atoms with Crippen LogP contribution in [0.5, 0.6) is 5.75 Å². The number of nitrogens with one attached hydrogen (secondary N) is 1. The Morgan fingerprint density at radius 1 is 1.08 bits per heavy atom. The summed E-state index contributed by atoms with van der Waals surface area (Å²) in [5, 5.41) is 12.9. The summed E-state index contributed by atoms with van der Waals surface area (Å²) in [6, 6.07) is 3.31. The summed E-state index contributed by atoms with van der Waals surface area (Å²) in [4.78, 5) is 47.6. The van der Waals surface area contributed by atoms with Gasteiger partial charge >= 0.3 is 12.4 Å². The molecule has 5 rings (SSSR count). The van der Waals surface area contributed by atoms with Crippen molar-refractivity contribution in [3.8, 4) is 5.75 Å². The summed E-state index contributed by atoms with van der Waals surface area (Å²) in [7, 11) is 0. The molecule has 0 radical (unpaired) electrons. The van der Waals surface area contributed by atoms with E-state index < -0.39 is 76.3 Å². The van der Waals surface area contributed by atoms with Crippen LogP contribution >= 0.6 is 11.3 Å². The molecule has 50 heavy (non-hydrogen) atoms. The lowest BCUT2D eigenvalue weighted by atomic mass is 9.78. The number of nitrogens with zero attached hydrogens (tertiary/aromatic N) is 3. The van der Waals surface area contributed by atoms with Crippen molar-refractivity contribution in [2.24, 2.45) is 0 Å². The fraction of sp³-hybridized carbons (Fsp3) is 0.455. The smallest absolute Gasteiger partial charge is 0.425 e. The predicted octanol–water partition coefficient (Wildman–Crippen LogP) is 5.78. The van der Waals surface area contributed by atoms with Gasteiger partial charge in [0, 0.05) is 43.7 Å². The lowest BCUT2D eigenvalue weighted by Gasteiger charge is -2.51. The van der Waals surface area contributed by atoms with E-state index in [-0.39, 0.29) is 63.1 Å². The Morgan fingerprint density at radius 2 is 1.84 bits per heavy atom. The first-order valence-electron chi connectivity index (χ1n) is 15.8. The second-order valence-corrected chi connectivity index (χ2v) is 12.9. The van der Waals surface area contributed by atoms with E-state index in [0.29, 0.717) is 29.0 Å². The number of fused-ring (bicyclic) bond motifs is 1. The normalized spacial score (nSPS) is 21.1. The fourth-order valence-corrected chi connectivity index (χ4v) is 7.36. The van der Waals surface area contributed by atoms with Crippen LogP contribution in [0.4, 0.5) is 30.7 Å². The summed E-state index contributed by atoms with van der Waals surface area (Å²) < 4.78 is 104. The standard InChI is InChI=1S/C33H33F7N4O5S/c1-2-5-24-31(49-21-17-25(50-18-21)33(38,39)40,10-4-13-43(24)29(47)26-23(32(35,36)37)6-3-11-41-26)30(48)44-14-9-19-7-8-20(34)16-22(19)27(44)28(46)42-12-15-45/h3,6-8,11,16-18,24,27,45H,2,4-5,9-10,12-15H2,1H3,(H,42,46)/t24-,27-,31+/m1/s1. The molecule has 1 aromatic carbocycles. The number of ether oxygens (including phenoxy) is 1.